The number of nitrogens with zero attached hydrogens (tertiary/aromatic N) is 1. The van der Waals surface area contributed by atoms with Gasteiger partial charge in [0.2, 0.25) is 0 Å². The van der Waals surface area contributed by atoms with Gasteiger partial charge in [0.15, 0.2) is 0 Å². The summed E-state index contributed by atoms with van der Waals surface area (Å²) in [6, 6.07) is 6.04. The van der Waals surface area contributed by atoms with Gasteiger partial charge in [0, 0.05) is 16.0 Å². The lowest BCUT2D eigenvalue weighted by atomic mass is 9.93. The van der Waals surface area contributed by atoms with Gasteiger partial charge in [-0.05, 0) is 75.6 Å². The smallest absolute Gasteiger partial charge is 0.0410 e. The zero-order valence-electron chi connectivity index (χ0n) is 11.5. The predicted molar refractivity (Wildman–Crippen MR) is 85.7 cm³/mol. The maximum absolute atomic E-state index is 6.07. The van der Waals surface area contributed by atoms with E-state index in [-0.39, 0.29) is 0 Å². The molecule has 0 amide bonds. The predicted octanol–water partition coefficient (Wildman–Crippen LogP) is 3.92. The molecule has 0 unspecified atom stereocenters. The third-order valence-corrected chi connectivity index (χ3v) is 4.92. The molecule has 1 aliphatic heterocycles. The second-order valence-electron chi connectivity index (χ2n) is 5.35. The first-order chi connectivity index (χ1) is 9.19. The molecule has 0 aliphatic carbocycles. The molecule has 0 saturated carbocycles. The van der Waals surface area contributed by atoms with Crippen LogP contribution in [-0.4, -0.2) is 31.6 Å². The van der Waals surface area contributed by atoms with Crippen LogP contribution in [0.1, 0.15) is 24.8 Å². The van der Waals surface area contributed by atoms with Gasteiger partial charge in [-0.1, -0.05) is 27.5 Å². The molecule has 0 spiro atoms. The maximum Gasteiger partial charge on any atom is 0.0410 e. The molecular weight excluding hydrogens is 324 g/mol. The second kappa shape index (κ2) is 7.63. The van der Waals surface area contributed by atoms with Gasteiger partial charge in [-0.25, -0.2) is 0 Å². The van der Waals surface area contributed by atoms with E-state index in [0.29, 0.717) is 0 Å². The van der Waals surface area contributed by atoms with Gasteiger partial charge in [-0.15, -0.1) is 0 Å². The van der Waals surface area contributed by atoms with Gasteiger partial charge in [0.1, 0.15) is 0 Å². The Bertz CT molecular complexity index is 403. The van der Waals surface area contributed by atoms with Crippen LogP contribution in [0, 0.1) is 5.92 Å². The van der Waals surface area contributed by atoms with Crippen LogP contribution in [0.2, 0.25) is 5.02 Å². The molecule has 2 rings (SSSR count). The molecule has 1 aromatic carbocycles. The molecule has 0 radical (unpaired) electrons. The Balaban J connectivity index is 1.83. The topological polar surface area (TPSA) is 15.3 Å². The fourth-order valence-electron chi connectivity index (χ4n) is 2.69. The van der Waals surface area contributed by atoms with Crippen LogP contribution < -0.4 is 5.32 Å². The van der Waals surface area contributed by atoms with E-state index in [1.165, 1.54) is 37.9 Å². The van der Waals surface area contributed by atoms with E-state index in [2.05, 4.69) is 32.2 Å². The standard InChI is InChI=1S/C15H22BrClN2/c1-18-7-4-12-5-8-19(9-6-12)11-13-10-14(17)2-3-15(13)16/h2-3,10,12,18H,4-9,11H2,1H3. The Hall–Kier alpha value is -0.0900. The summed E-state index contributed by atoms with van der Waals surface area (Å²) in [5.41, 5.74) is 1.29. The highest BCUT2D eigenvalue weighted by Gasteiger charge is 2.19. The molecule has 19 heavy (non-hydrogen) atoms. The van der Waals surface area contributed by atoms with Gasteiger partial charge in [-0.2, -0.15) is 0 Å². The first-order valence-corrected chi connectivity index (χ1v) is 8.17. The molecule has 1 saturated heterocycles. The summed E-state index contributed by atoms with van der Waals surface area (Å²) >= 11 is 9.68. The Labute approximate surface area is 129 Å². The van der Waals surface area contributed by atoms with Crippen LogP contribution >= 0.6 is 27.5 Å². The van der Waals surface area contributed by atoms with Crippen molar-refractivity contribution in [1.82, 2.24) is 10.2 Å². The zero-order valence-corrected chi connectivity index (χ0v) is 13.8. The number of likely N-dealkylation sites (tertiary alicyclic amines) is 1. The minimum Gasteiger partial charge on any atom is -0.320 e. The van der Waals surface area contributed by atoms with E-state index < -0.39 is 0 Å². The van der Waals surface area contributed by atoms with Crippen LogP contribution in [0.15, 0.2) is 22.7 Å². The first-order valence-electron chi connectivity index (χ1n) is 7.00. The monoisotopic (exact) mass is 344 g/mol. The zero-order chi connectivity index (χ0) is 13.7. The Morgan fingerprint density at radius 2 is 2.11 bits per heavy atom. The molecule has 2 nitrogen and oxygen atoms in total. The summed E-state index contributed by atoms with van der Waals surface area (Å²) in [4.78, 5) is 2.53. The van der Waals surface area contributed by atoms with Crippen LogP contribution in [0.25, 0.3) is 0 Å². The largest absolute Gasteiger partial charge is 0.320 e. The van der Waals surface area contributed by atoms with Gasteiger partial charge >= 0.3 is 0 Å². The van der Waals surface area contributed by atoms with E-state index in [0.717, 1.165) is 28.5 Å². The van der Waals surface area contributed by atoms with Gasteiger partial charge in [0.25, 0.3) is 0 Å². The van der Waals surface area contributed by atoms with Crippen molar-refractivity contribution in [2.45, 2.75) is 25.8 Å². The van der Waals surface area contributed by atoms with Crippen molar-refractivity contribution >= 4 is 27.5 Å². The molecule has 106 valence electrons. The highest BCUT2D eigenvalue weighted by Crippen LogP contribution is 2.26. The first kappa shape index (κ1) is 15.3. The summed E-state index contributed by atoms with van der Waals surface area (Å²) < 4.78 is 1.16. The molecular formula is C15H22BrClN2. The molecule has 1 heterocycles. The lowest BCUT2D eigenvalue weighted by molar-refractivity contribution is 0.172. The highest BCUT2D eigenvalue weighted by atomic mass is 79.9. The minimum atomic E-state index is 0.821. The number of hydrogen-bond acceptors (Lipinski definition) is 2. The lowest BCUT2D eigenvalue weighted by Crippen LogP contribution is -2.34. The van der Waals surface area contributed by atoms with E-state index in [9.17, 15) is 0 Å². The number of piperidine rings is 1. The fraction of sp³-hybridized carbons (Fsp3) is 0.600. The highest BCUT2D eigenvalue weighted by molar-refractivity contribution is 9.10. The number of halogens is 2. The molecule has 1 fully saturated rings. The molecule has 1 N–H and O–H groups in total. The van der Waals surface area contributed by atoms with E-state index in [4.69, 9.17) is 11.6 Å². The molecule has 0 bridgehead atoms. The summed E-state index contributed by atoms with van der Waals surface area (Å²) in [6.45, 7) is 4.55. The van der Waals surface area contributed by atoms with Crippen molar-refractivity contribution in [3.8, 4) is 0 Å². The Kier molecular flexibility index (Phi) is 6.14. The molecule has 1 aromatic rings. The number of benzene rings is 1. The average Bonchev–Trinajstić information content (AvgIpc) is 2.42. The Morgan fingerprint density at radius 3 is 2.79 bits per heavy atom. The SMILES string of the molecule is CNCCC1CCN(Cc2cc(Cl)ccc2Br)CC1. The number of rotatable bonds is 5. The molecule has 1 aliphatic rings. The maximum atomic E-state index is 6.07. The molecule has 0 aromatic heterocycles. The second-order valence-corrected chi connectivity index (χ2v) is 6.64. The van der Waals surface area contributed by atoms with E-state index in [1.54, 1.807) is 0 Å². The summed E-state index contributed by atoms with van der Waals surface area (Å²) in [6.07, 6.45) is 3.95. The van der Waals surface area contributed by atoms with Crippen LogP contribution in [0.3, 0.4) is 0 Å². The number of nitrogens with one attached hydrogen (secondary N) is 1. The Morgan fingerprint density at radius 1 is 1.37 bits per heavy atom. The van der Waals surface area contributed by atoms with Gasteiger partial charge in [0.05, 0.1) is 0 Å². The van der Waals surface area contributed by atoms with Crippen molar-refractivity contribution in [3.05, 3.63) is 33.3 Å². The van der Waals surface area contributed by atoms with E-state index >= 15 is 0 Å². The van der Waals surface area contributed by atoms with Crippen LogP contribution in [-0.2, 0) is 6.54 Å². The van der Waals surface area contributed by atoms with Crippen molar-refractivity contribution < 1.29 is 0 Å². The van der Waals surface area contributed by atoms with Crippen molar-refractivity contribution in [2.24, 2.45) is 5.92 Å². The molecule has 4 heteroatoms. The molecule has 0 atom stereocenters. The lowest BCUT2D eigenvalue weighted by Gasteiger charge is -2.32. The van der Waals surface area contributed by atoms with E-state index in [1.807, 2.05) is 19.2 Å². The average molecular weight is 346 g/mol. The van der Waals surface area contributed by atoms with Crippen molar-refractivity contribution in [2.75, 3.05) is 26.7 Å². The van der Waals surface area contributed by atoms with Crippen molar-refractivity contribution in [1.29, 1.82) is 0 Å². The quantitative estimate of drug-likeness (QED) is 0.870. The summed E-state index contributed by atoms with van der Waals surface area (Å²) in [5.74, 6) is 0.895. The summed E-state index contributed by atoms with van der Waals surface area (Å²) in [7, 11) is 2.03. The normalized spacial score (nSPS) is 17.8. The third kappa shape index (κ3) is 4.75. The fourth-order valence-corrected chi connectivity index (χ4v) is 3.25. The van der Waals surface area contributed by atoms with Crippen LogP contribution in [0.4, 0.5) is 0 Å². The van der Waals surface area contributed by atoms with Crippen LogP contribution in [0.5, 0.6) is 0 Å². The van der Waals surface area contributed by atoms with Gasteiger partial charge < -0.3 is 5.32 Å². The minimum absolute atomic E-state index is 0.821. The number of hydrogen-bond donors (Lipinski definition) is 1. The van der Waals surface area contributed by atoms with Gasteiger partial charge in [-0.3, -0.25) is 4.90 Å². The third-order valence-electron chi connectivity index (χ3n) is 3.91. The van der Waals surface area contributed by atoms with Crippen molar-refractivity contribution in [3.63, 3.8) is 0 Å². The summed E-state index contributed by atoms with van der Waals surface area (Å²) in [5, 5.41) is 4.07.